The number of unbranched alkanes of at least 4 members (excludes halogenated alkanes) is 8. The third-order valence-corrected chi connectivity index (χ3v) is 3.53. The van der Waals surface area contributed by atoms with Gasteiger partial charge in [0.15, 0.2) is 0 Å². The summed E-state index contributed by atoms with van der Waals surface area (Å²) in [5.41, 5.74) is 0. The summed E-state index contributed by atoms with van der Waals surface area (Å²) in [6.07, 6.45) is 10.1. The molecule has 0 bridgehead atoms. The molecule has 0 aromatic carbocycles. The van der Waals surface area contributed by atoms with Crippen molar-refractivity contribution >= 4 is 16.4 Å². The molecule has 25 heavy (non-hydrogen) atoms. The number of hydrogen-bond acceptors (Lipinski definition) is 7. The third kappa shape index (κ3) is 32.4. The first-order valence-corrected chi connectivity index (χ1v) is 9.67. The molecule has 0 aliphatic heterocycles. The van der Waals surface area contributed by atoms with Gasteiger partial charge in [0, 0.05) is 6.42 Å². The van der Waals surface area contributed by atoms with Gasteiger partial charge in [0.1, 0.15) is 6.10 Å². The fraction of sp³-hybridized carbons (Fsp3) is 0.933. The fourth-order valence-corrected chi connectivity index (χ4v) is 2.13. The maximum absolute atomic E-state index is 10.2. The van der Waals surface area contributed by atoms with Gasteiger partial charge in [-0.05, 0) is 6.42 Å². The van der Waals surface area contributed by atoms with Gasteiger partial charge in [-0.2, -0.15) is 0 Å². The summed E-state index contributed by atoms with van der Waals surface area (Å²) in [4.78, 5) is 10.2. The number of aliphatic carboxylic acids is 1. The van der Waals surface area contributed by atoms with Crippen LogP contribution in [0.15, 0.2) is 0 Å². The van der Waals surface area contributed by atoms with Gasteiger partial charge in [-0.1, -0.05) is 58.3 Å². The summed E-state index contributed by atoms with van der Waals surface area (Å²) in [5.74, 6) is -0.659. The van der Waals surface area contributed by atoms with Gasteiger partial charge in [-0.3, -0.25) is 8.98 Å². The molecule has 0 aliphatic rings. The molecule has 8 nitrogen and oxygen atoms in total. The minimum absolute atomic E-state index is 0. The monoisotopic (exact) mass is 394 g/mol. The van der Waals surface area contributed by atoms with Crippen LogP contribution in [0, 0.1) is 0 Å². The van der Waals surface area contributed by atoms with E-state index >= 15 is 0 Å². The summed E-state index contributed by atoms with van der Waals surface area (Å²) >= 11 is 0. The Morgan fingerprint density at radius 2 is 1.48 bits per heavy atom. The summed E-state index contributed by atoms with van der Waals surface area (Å²) in [6, 6.07) is 0. The van der Waals surface area contributed by atoms with Crippen LogP contribution in [0.4, 0.5) is 0 Å². The first kappa shape index (κ1) is 30.0. The van der Waals surface area contributed by atoms with Crippen molar-refractivity contribution in [1.82, 2.24) is 0 Å². The van der Waals surface area contributed by atoms with Gasteiger partial charge in [-0.25, -0.2) is 8.42 Å². The standard InChI is InChI=1S/C12H24O2.C3H8O6S.Na/c1-2-3-4-5-6-7-8-9-10-11-12(13)14;4-1-3(5)2-9-10(6,7)8;/h2-11H2,1H3,(H,13,14);3-5H,1-2H2,(H,6,7,8);/q;;+1/p-1. The van der Waals surface area contributed by atoms with Crippen LogP contribution >= 0.6 is 0 Å². The number of carboxylic acid groups (broad SMARTS) is 1. The van der Waals surface area contributed by atoms with Crippen LogP contribution in [0.1, 0.15) is 71.1 Å². The minimum Gasteiger partial charge on any atom is -0.726 e. The van der Waals surface area contributed by atoms with E-state index in [1.807, 2.05) is 0 Å². The Labute approximate surface area is 173 Å². The average Bonchev–Trinajstić information content (AvgIpc) is 2.50. The third-order valence-electron chi connectivity index (χ3n) is 3.11. The van der Waals surface area contributed by atoms with Crippen LogP contribution in [0.5, 0.6) is 0 Å². The first-order chi connectivity index (χ1) is 11.2. The molecule has 0 spiro atoms. The Balaban J connectivity index is -0.000000392. The minimum atomic E-state index is -4.75. The Morgan fingerprint density at radius 3 is 1.84 bits per heavy atom. The van der Waals surface area contributed by atoms with E-state index in [1.165, 1.54) is 44.9 Å². The molecule has 10 heteroatoms. The molecule has 1 unspecified atom stereocenters. The van der Waals surface area contributed by atoms with E-state index in [2.05, 4.69) is 11.1 Å². The summed E-state index contributed by atoms with van der Waals surface area (Å²) in [5, 5.41) is 25.0. The van der Waals surface area contributed by atoms with E-state index in [9.17, 15) is 17.8 Å². The van der Waals surface area contributed by atoms with Gasteiger partial charge < -0.3 is 19.9 Å². The van der Waals surface area contributed by atoms with Gasteiger partial charge in [0.25, 0.3) is 0 Å². The second-order valence-corrected chi connectivity index (χ2v) is 6.55. The Hall–Kier alpha value is 0.260. The molecule has 3 N–H and O–H groups in total. The second kappa shape index (κ2) is 20.6. The molecular weight excluding hydrogens is 363 g/mol. The molecule has 0 rings (SSSR count). The maximum atomic E-state index is 10.2. The van der Waals surface area contributed by atoms with E-state index in [0.29, 0.717) is 6.42 Å². The van der Waals surface area contributed by atoms with E-state index in [0.717, 1.165) is 12.8 Å². The van der Waals surface area contributed by atoms with Crippen LogP contribution in [0.3, 0.4) is 0 Å². The maximum Gasteiger partial charge on any atom is 1.00 e. The van der Waals surface area contributed by atoms with E-state index in [1.54, 1.807) is 0 Å². The SMILES string of the molecule is CCCCCCCCCCCC(=O)O.O=S(=O)([O-])OCC(O)CO.[Na+]. The number of aliphatic hydroxyl groups is 2. The predicted octanol–water partition coefficient (Wildman–Crippen LogP) is -1.19. The van der Waals surface area contributed by atoms with Crippen molar-refractivity contribution in [3.05, 3.63) is 0 Å². The molecule has 0 radical (unpaired) electrons. The molecule has 0 aromatic rings. The molecule has 0 fully saturated rings. The molecule has 0 saturated carbocycles. The molecule has 0 aliphatic carbocycles. The summed E-state index contributed by atoms with van der Waals surface area (Å²) in [7, 11) is -4.75. The zero-order valence-electron chi connectivity index (χ0n) is 15.4. The molecule has 0 saturated heterocycles. The van der Waals surface area contributed by atoms with E-state index < -0.39 is 35.7 Å². The molecule has 1 atom stereocenters. The van der Waals surface area contributed by atoms with Crippen molar-refractivity contribution in [2.24, 2.45) is 0 Å². The topological polar surface area (TPSA) is 144 Å². The van der Waals surface area contributed by atoms with Crippen molar-refractivity contribution in [2.75, 3.05) is 13.2 Å². The fourth-order valence-electron chi connectivity index (χ4n) is 1.80. The zero-order valence-corrected chi connectivity index (χ0v) is 18.2. The quantitative estimate of drug-likeness (QED) is 0.144. The van der Waals surface area contributed by atoms with E-state index in [4.69, 9.17) is 15.3 Å². The number of hydrogen-bond donors (Lipinski definition) is 3. The average molecular weight is 394 g/mol. The first-order valence-electron chi connectivity index (χ1n) is 8.33. The molecule has 0 aromatic heterocycles. The van der Waals surface area contributed by atoms with E-state index in [-0.39, 0.29) is 29.6 Å². The smallest absolute Gasteiger partial charge is 0.726 e. The second-order valence-electron chi connectivity index (χ2n) is 5.50. The molecular formula is C15H31NaO8S. The van der Waals surface area contributed by atoms with Crippen molar-refractivity contribution in [2.45, 2.75) is 77.2 Å². The van der Waals surface area contributed by atoms with Crippen molar-refractivity contribution in [3.8, 4) is 0 Å². The molecule has 0 heterocycles. The van der Waals surface area contributed by atoms with Crippen molar-refractivity contribution in [3.63, 3.8) is 0 Å². The number of aliphatic hydroxyl groups excluding tert-OH is 2. The largest absolute Gasteiger partial charge is 1.00 e. The van der Waals surface area contributed by atoms with Crippen molar-refractivity contribution in [1.29, 1.82) is 0 Å². The number of rotatable bonds is 14. The number of carboxylic acids is 1. The molecule has 146 valence electrons. The van der Waals surface area contributed by atoms with Gasteiger partial charge in [0.2, 0.25) is 10.4 Å². The Morgan fingerprint density at radius 1 is 1.04 bits per heavy atom. The van der Waals surface area contributed by atoms with Crippen LogP contribution in [-0.4, -0.2) is 53.6 Å². The zero-order chi connectivity index (χ0) is 18.8. The van der Waals surface area contributed by atoms with Gasteiger partial charge in [0.05, 0.1) is 13.2 Å². The Bertz CT molecular complexity index is 389. The van der Waals surface area contributed by atoms with Crippen LogP contribution in [0.2, 0.25) is 0 Å². The van der Waals surface area contributed by atoms with Crippen LogP contribution < -0.4 is 29.6 Å². The molecule has 0 amide bonds. The normalized spacial score (nSPS) is 11.8. The Kier molecular flexibility index (Phi) is 24.7. The summed E-state index contributed by atoms with van der Waals surface area (Å²) < 4.78 is 32.6. The van der Waals surface area contributed by atoms with Crippen LogP contribution in [-0.2, 0) is 19.4 Å². The van der Waals surface area contributed by atoms with Gasteiger partial charge >= 0.3 is 35.5 Å². The number of carbonyl (C=O) groups is 1. The van der Waals surface area contributed by atoms with Gasteiger partial charge in [-0.15, -0.1) is 0 Å². The van der Waals surface area contributed by atoms with Crippen LogP contribution in [0.25, 0.3) is 0 Å². The summed E-state index contributed by atoms with van der Waals surface area (Å²) in [6.45, 7) is 0.879. The predicted molar refractivity (Wildman–Crippen MR) is 88.2 cm³/mol. The van der Waals surface area contributed by atoms with Crippen molar-refractivity contribution < 1.29 is 66.8 Å².